The van der Waals surface area contributed by atoms with Crippen LogP contribution in [-0.2, 0) is 0 Å². The lowest BCUT2D eigenvalue weighted by atomic mass is 9.56. The molecule has 2 atom stereocenters. The zero-order valence-corrected chi connectivity index (χ0v) is 11.3. The summed E-state index contributed by atoms with van der Waals surface area (Å²) in [7, 11) is 0. The maximum Gasteiger partial charge on any atom is 0.141 e. The van der Waals surface area contributed by atoms with Crippen molar-refractivity contribution in [2.45, 2.75) is 39.2 Å². The molecule has 1 nitrogen and oxygen atoms in total. The van der Waals surface area contributed by atoms with Crippen LogP contribution in [0.25, 0.3) is 0 Å². The van der Waals surface area contributed by atoms with Gasteiger partial charge in [0.2, 0.25) is 0 Å². The van der Waals surface area contributed by atoms with Crippen molar-refractivity contribution in [1.82, 2.24) is 5.32 Å². The molecule has 1 aromatic rings. The van der Waals surface area contributed by atoms with Crippen molar-refractivity contribution in [2.75, 3.05) is 6.54 Å². The SMILES string of the molecule is CCNC1CC(c2ccc(F)c(Cl)c2)C1(C)C. The van der Waals surface area contributed by atoms with Crippen LogP contribution in [0.3, 0.4) is 0 Å². The Balaban J connectivity index is 2.17. The molecule has 3 heteroatoms. The summed E-state index contributed by atoms with van der Waals surface area (Å²) in [6, 6.07) is 5.64. The summed E-state index contributed by atoms with van der Waals surface area (Å²) < 4.78 is 13.1. The summed E-state index contributed by atoms with van der Waals surface area (Å²) in [4.78, 5) is 0. The molecule has 0 saturated heterocycles. The molecule has 1 N–H and O–H groups in total. The van der Waals surface area contributed by atoms with Gasteiger partial charge >= 0.3 is 0 Å². The molecule has 0 spiro atoms. The Hall–Kier alpha value is -0.600. The Labute approximate surface area is 107 Å². The molecule has 1 aliphatic carbocycles. The number of benzene rings is 1. The molecule has 2 rings (SSSR count). The van der Waals surface area contributed by atoms with Crippen LogP contribution in [0.5, 0.6) is 0 Å². The molecule has 0 aromatic heterocycles. The van der Waals surface area contributed by atoms with E-state index in [-0.39, 0.29) is 16.3 Å². The average Bonchev–Trinajstić information content (AvgIpc) is 2.28. The third-order valence-corrected chi connectivity index (χ3v) is 4.35. The smallest absolute Gasteiger partial charge is 0.141 e. The van der Waals surface area contributed by atoms with E-state index in [1.807, 2.05) is 6.07 Å². The minimum atomic E-state index is -0.337. The van der Waals surface area contributed by atoms with Crippen molar-refractivity contribution < 1.29 is 4.39 Å². The molecular weight excluding hydrogens is 237 g/mol. The Morgan fingerprint density at radius 3 is 2.71 bits per heavy atom. The van der Waals surface area contributed by atoms with Crippen molar-refractivity contribution in [2.24, 2.45) is 5.41 Å². The van der Waals surface area contributed by atoms with Crippen LogP contribution in [0.4, 0.5) is 4.39 Å². The number of rotatable bonds is 3. The third-order valence-electron chi connectivity index (χ3n) is 4.06. The predicted octanol–water partition coefficient (Wildman–Crippen LogP) is 3.97. The highest BCUT2D eigenvalue weighted by atomic mass is 35.5. The van der Waals surface area contributed by atoms with Crippen molar-refractivity contribution in [1.29, 1.82) is 0 Å². The molecule has 1 fully saturated rings. The molecule has 1 saturated carbocycles. The summed E-state index contributed by atoms with van der Waals surface area (Å²) in [5, 5.41) is 3.72. The highest BCUT2D eigenvalue weighted by molar-refractivity contribution is 6.30. The van der Waals surface area contributed by atoms with Crippen LogP contribution in [0.15, 0.2) is 18.2 Å². The number of nitrogens with one attached hydrogen (secondary N) is 1. The monoisotopic (exact) mass is 255 g/mol. The van der Waals surface area contributed by atoms with E-state index in [0.717, 1.165) is 18.5 Å². The molecule has 0 aliphatic heterocycles. The van der Waals surface area contributed by atoms with E-state index >= 15 is 0 Å². The molecule has 1 aromatic carbocycles. The van der Waals surface area contributed by atoms with Crippen molar-refractivity contribution in [3.63, 3.8) is 0 Å². The van der Waals surface area contributed by atoms with E-state index in [9.17, 15) is 4.39 Å². The van der Waals surface area contributed by atoms with Gasteiger partial charge in [-0.15, -0.1) is 0 Å². The van der Waals surface area contributed by atoms with Crippen molar-refractivity contribution in [3.05, 3.63) is 34.6 Å². The van der Waals surface area contributed by atoms with Crippen LogP contribution < -0.4 is 5.32 Å². The molecule has 17 heavy (non-hydrogen) atoms. The van der Waals surface area contributed by atoms with E-state index in [2.05, 4.69) is 26.1 Å². The van der Waals surface area contributed by atoms with Crippen LogP contribution in [0.1, 0.15) is 38.7 Å². The fraction of sp³-hybridized carbons (Fsp3) is 0.571. The van der Waals surface area contributed by atoms with Gasteiger partial charge in [-0.1, -0.05) is 38.4 Å². The fourth-order valence-corrected chi connectivity index (χ4v) is 3.00. The van der Waals surface area contributed by atoms with Gasteiger partial charge in [-0.3, -0.25) is 0 Å². The Kier molecular flexibility index (Phi) is 3.46. The van der Waals surface area contributed by atoms with Crippen LogP contribution in [0, 0.1) is 11.2 Å². The fourth-order valence-electron chi connectivity index (χ4n) is 2.81. The Morgan fingerprint density at radius 1 is 1.47 bits per heavy atom. The lowest BCUT2D eigenvalue weighted by Crippen LogP contribution is -2.55. The highest BCUT2D eigenvalue weighted by Crippen LogP contribution is 2.52. The van der Waals surface area contributed by atoms with E-state index in [1.165, 1.54) is 6.07 Å². The first-order chi connectivity index (χ1) is 7.96. The molecular formula is C14H19ClFN. The summed E-state index contributed by atoms with van der Waals surface area (Å²) >= 11 is 5.84. The largest absolute Gasteiger partial charge is 0.314 e. The Bertz CT molecular complexity index is 417. The van der Waals surface area contributed by atoms with Gasteiger partial charge in [0.1, 0.15) is 5.82 Å². The van der Waals surface area contributed by atoms with Gasteiger partial charge in [0.15, 0.2) is 0 Å². The zero-order chi connectivity index (χ0) is 12.6. The second-order valence-electron chi connectivity index (χ2n) is 5.39. The summed E-state index contributed by atoms with van der Waals surface area (Å²) in [6.45, 7) is 7.63. The van der Waals surface area contributed by atoms with E-state index in [4.69, 9.17) is 11.6 Å². The van der Waals surface area contributed by atoms with Gasteiger partial charge in [0.05, 0.1) is 5.02 Å². The summed E-state index contributed by atoms with van der Waals surface area (Å²) in [5.74, 6) is 0.125. The number of hydrogen-bond donors (Lipinski definition) is 1. The molecule has 0 amide bonds. The number of halogens is 2. The first-order valence-corrected chi connectivity index (χ1v) is 6.53. The lowest BCUT2D eigenvalue weighted by molar-refractivity contribution is 0.0706. The van der Waals surface area contributed by atoms with Gasteiger partial charge in [-0.25, -0.2) is 4.39 Å². The van der Waals surface area contributed by atoms with E-state index in [1.54, 1.807) is 6.07 Å². The van der Waals surface area contributed by atoms with Gasteiger partial charge in [-0.05, 0) is 42.0 Å². The number of hydrogen-bond acceptors (Lipinski definition) is 1. The molecule has 0 bridgehead atoms. The maximum atomic E-state index is 13.1. The first kappa shape index (κ1) is 12.8. The maximum absolute atomic E-state index is 13.1. The van der Waals surface area contributed by atoms with E-state index < -0.39 is 0 Å². The molecule has 94 valence electrons. The van der Waals surface area contributed by atoms with Crippen LogP contribution in [0.2, 0.25) is 5.02 Å². The normalized spacial score (nSPS) is 26.6. The molecule has 2 unspecified atom stereocenters. The van der Waals surface area contributed by atoms with Crippen LogP contribution in [-0.4, -0.2) is 12.6 Å². The minimum Gasteiger partial charge on any atom is -0.314 e. The minimum absolute atomic E-state index is 0.206. The van der Waals surface area contributed by atoms with Crippen molar-refractivity contribution >= 4 is 11.6 Å². The summed E-state index contributed by atoms with van der Waals surface area (Å²) in [5.41, 5.74) is 1.35. The lowest BCUT2D eigenvalue weighted by Gasteiger charge is -2.53. The second-order valence-corrected chi connectivity index (χ2v) is 5.80. The second kappa shape index (κ2) is 4.58. The average molecular weight is 256 g/mol. The molecule has 1 aliphatic rings. The Morgan fingerprint density at radius 2 is 2.18 bits per heavy atom. The first-order valence-electron chi connectivity index (χ1n) is 6.15. The van der Waals surface area contributed by atoms with Gasteiger partial charge in [-0.2, -0.15) is 0 Å². The highest BCUT2D eigenvalue weighted by Gasteiger charge is 2.48. The molecule has 0 heterocycles. The quantitative estimate of drug-likeness (QED) is 0.862. The van der Waals surface area contributed by atoms with Gasteiger partial charge < -0.3 is 5.32 Å². The van der Waals surface area contributed by atoms with E-state index in [0.29, 0.717) is 12.0 Å². The van der Waals surface area contributed by atoms with Gasteiger partial charge in [0.25, 0.3) is 0 Å². The summed E-state index contributed by atoms with van der Waals surface area (Å²) in [6.07, 6.45) is 1.10. The van der Waals surface area contributed by atoms with Crippen LogP contribution >= 0.6 is 11.6 Å². The molecule has 0 radical (unpaired) electrons. The van der Waals surface area contributed by atoms with Crippen molar-refractivity contribution in [3.8, 4) is 0 Å². The topological polar surface area (TPSA) is 12.0 Å². The predicted molar refractivity (Wildman–Crippen MR) is 70.0 cm³/mol. The van der Waals surface area contributed by atoms with Gasteiger partial charge in [0, 0.05) is 6.04 Å². The zero-order valence-electron chi connectivity index (χ0n) is 10.6. The third kappa shape index (κ3) is 2.21. The standard InChI is InChI=1S/C14H19ClFN/c1-4-17-13-8-10(14(13,2)3)9-5-6-12(16)11(15)7-9/h5-7,10,13,17H,4,8H2,1-3H3.